The smallest absolute Gasteiger partial charge is 0.514 e. The van der Waals surface area contributed by atoms with Crippen molar-refractivity contribution in [2.75, 3.05) is 65.1 Å². The molecule has 4 aromatic carbocycles. The third-order valence-electron chi connectivity index (χ3n) is 13.7. The van der Waals surface area contributed by atoms with Crippen LogP contribution in [0, 0.1) is 20.2 Å². The molecule has 0 saturated heterocycles. The second kappa shape index (κ2) is 24.4. The Morgan fingerprint density at radius 1 is 0.914 bits per heavy atom. The number of aliphatic carboxylic acids is 1. The number of nitrogens with one attached hydrogen (secondary N) is 2. The summed E-state index contributed by atoms with van der Waals surface area (Å²) < 4.78 is 92.7. The number of Topliss-reactive ketones (excluding diaryl/α,β-unsaturated/α-hetero) is 1. The lowest BCUT2D eigenvalue weighted by atomic mass is 9.77. The zero-order valence-corrected chi connectivity index (χ0v) is 46.1. The average molecular weight is 1150 g/mol. The maximum atomic E-state index is 14.4. The number of benzene rings is 4. The fourth-order valence-electron chi connectivity index (χ4n) is 9.44. The third-order valence-corrected chi connectivity index (χ3v) is 14.5. The molecule has 0 spiro atoms. The largest absolute Gasteiger partial charge is 0.748 e. The van der Waals surface area contributed by atoms with Crippen molar-refractivity contribution in [1.82, 2.24) is 15.5 Å². The van der Waals surface area contributed by atoms with E-state index in [4.69, 9.17) is 28.8 Å². The van der Waals surface area contributed by atoms with Gasteiger partial charge in [-0.05, 0) is 63.7 Å². The van der Waals surface area contributed by atoms with E-state index in [1.165, 1.54) is 32.2 Å². The van der Waals surface area contributed by atoms with Crippen LogP contribution in [0.1, 0.15) is 57.4 Å². The van der Waals surface area contributed by atoms with E-state index in [-0.39, 0.29) is 77.4 Å². The summed E-state index contributed by atoms with van der Waals surface area (Å²) in [4.78, 5) is 75.4. The number of rotatable bonds is 20. The average Bonchev–Trinajstić information content (AvgIpc) is 3.83. The van der Waals surface area contributed by atoms with Gasteiger partial charge >= 0.3 is 18.3 Å². The third kappa shape index (κ3) is 14.0. The Hall–Kier alpha value is -8.69. The number of carboxylic acids is 1. The molecule has 27 heteroatoms. The number of fused-ring (bicyclic) bond motifs is 2. The van der Waals surface area contributed by atoms with Gasteiger partial charge in [-0.1, -0.05) is 50.2 Å². The summed E-state index contributed by atoms with van der Waals surface area (Å²) in [6.07, 6.45) is -4.00. The molecule has 1 amide bonds. The predicted molar refractivity (Wildman–Crippen MR) is 286 cm³/mol. The second-order valence-electron chi connectivity index (χ2n) is 19.8. The summed E-state index contributed by atoms with van der Waals surface area (Å²) in [6.45, 7) is 9.94. The number of alkyl halides is 3. The van der Waals surface area contributed by atoms with Gasteiger partial charge in [0.15, 0.2) is 23.0 Å². The van der Waals surface area contributed by atoms with E-state index in [1.807, 2.05) is 99.8 Å². The highest BCUT2D eigenvalue weighted by Crippen LogP contribution is 2.49. The van der Waals surface area contributed by atoms with E-state index in [2.05, 4.69) is 10.6 Å². The van der Waals surface area contributed by atoms with Crippen LogP contribution in [0.5, 0.6) is 17.2 Å². The van der Waals surface area contributed by atoms with Crippen molar-refractivity contribution in [2.24, 2.45) is 0 Å². The van der Waals surface area contributed by atoms with Crippen molar-refractivity contribution < 1.29 is 83.8 Å². The lowest BCUT2D eigenvalue weighted by Gasteiger charge is -2.32. The highest BCUT2D eigenvalue weighted by Gasteiger charge is 2.47. The first kappa shape index (κ1) is 61.5. The maximum Gasteiger partial charge on any atom is 0.514 e. The number of hydrogen-bond acceptors (Lipinski definition) is 18. The molecule has 2 atom stereocenters. The summed E-state index contributed by atoms with van der Waals surface area (Å²) in [5, 5.41) is 36.0. The molecular formula is C54H58F3N7O16S. The maximum absolute atomic E-state index is 14.4. The lowest BCUT2D eigenvalue weighted by molar-refractivity contribution is -0.401. The molecule has 2 unspecified atom stereocenters. The molecular weight excluding hydrogens is 1090 g/mol. The first-order valence-corrected chi connectivity index (χ1v) is 26.2. The number of nitro benzene ring substituents is 2. The number of nitro groups is 2. The standard InChI is InChI=1S/C52H57N7O14S.C2HF3O2/c1-31(72-50(62)73-33-20-18-32(19-21-33)58(63)64)34-26-43(70-9)44(29-42(34)59(65)66)71-25-24-55(6)23-22-53-49(61)39(30-74(67,68)69)54-47-35(27-45-51(2,3)37-14-10-12-16-40(37)56(45)7)48(60)36(47)28-46-52(4,5)38-15-11-13-17-41(38)57(46)8;3-2(4,5)1(6)7/h10-21,26-29,31,39H,22-25,30H2,1-9H3,(H2-,53,54,60,61,67,68,69);(H,6,7). The van der Waals surface area contributed by atoms with Gasteiger partial charge in [0.05, 0.1) is 61.1 Å². The molecule has 0 saturated carbocycles. The normalized spacial score (nSPS) is 16.9. The number of carbonyl (C=O) groups is 4. The molecule has 23 nitrogen and oxygen atoms in total. The van der Waals surface area contributed by atoms with Gasteiger partial charge in [-0.15, -0.1) is 0 Å². The summed E-state index contributed by atoms with van der Waals surface area (Å²) >= 11 is 0. The number of nitrogens with zero attached hydrogens (tertiary/aromatic N) is 5. The first-order chi connectivity index (χ1) is 37.8. The Morgan fingerprint density at radius 2 is 1.53 bits per heavy atom. The number of amides is 1. The van der Waals surface area contributed by atoms with Crippen molar-refractivity contribution in [3.05, 3.63) is 157 Å². The Kier molecular flexibility index (Phi) is 18.5. The number of carboxylic acid groups (broad SMARTS) is 1. The van der Waals surface area contributed by atoms with E-state index in [0.717, 1.165) is 52.1 Å². The molecule has 0 bridgehead atoms. The van der Waals surface area contributed by atoms with Crippen molar-refractivity contribution >= 4 is 62.4 Å². The minimum absolute atomic E-state index is 0.00372. The SMILES string of the molecule is COc1cc(C(C)OC(=O)Oc2ccc([N+](=O)[O-])cc2)c([N+](=O)[O-])cc1OCCN(C)CCNC(=O)C(CS(=O)(=O)[O-])NC1=C(/C=C2/N(C)c3ccccc3C2(C)C)C(=O)/C1=C\C1=[N+](C)c2ccccc2C1(C)C.O=C(O)C(F)(F)F. The van der Waals surface area contributed by atoms with Gasteiger partial charge in [-0.25, -0.2) is 18.0 Å². The van der Waals surface area contributed by atoms with E-state index < -0.39 is 78.6 Å². The van der Waals surface area contributed by atoms with Crippen molar-refractivity contribution in [1.29, 1.82) is 0 Å². The second-order valence-corrected chi connectivity index (χ2v) is 21.3. The molecule has 0 fully saturated rings. The van der Waals surface area contributed by atoms with Crippen LogP contribution in [0.3, 0.4) is 0 Å². The summed E-state index contributed by atoms with van der Waals surface area (Å²) in [5.41, 5.74) is 4.44. The number of anilines is 1. The van der Waals surface area contributed by atoms with Gasteiger partial charge in [0.2, 0.25) is 11.6 Å². The minimum Gasteiger partial charge on any atom is -0.748 e. The fourth-order valence-corrected chi connectivity index (χ4v) is 10.1. The molecule has 0 radical (unpaired) electrons. The van der Waals surface area contributed by atoms with Crippen molar-refractivity contribution in [2.45, 2.75) is 63.8 Å². The zero-order chi connectivity index (χ0) is 60.1. The molecule has 81 heavy (non-hydrogen) atoms. The fraction of sp³-hybridized carbons (Fsp3) is 0.352. The van der Waals surface area contributed by atoms with Gasteiger partial charge in [-0.3, -0.25) is 29.8 Å². The number of likely N-dealkylation sites (N-methyl/N-ethyl adjacent to an activating group) is 2. The van der Waals surface area contributed by atoms with Crippen LogP contribution < -0.4 is 29.7 Å². The zero-order valence-electron chi connectivity index (χ0n) is 45.3. The van der Waals surface area contributed by atoms with Gasteiger partial charge in [-0.2, -0.15) is 17.7 Å². The van der Waals surface area contributed by atoms with E-state index in [1.54, 1.807) is 24.1 Å². The van der Waals surface area contributed by atoms with Crippen LogP contribution in [0.25, 0.3) is 0 Å². The monoisotopic (exact) mass is 1150 g/mol. The predicted octanol–water partition coefficient (Wildman–Crippen LogP) is 7.13. The number of ketones is 1. The number of halogens is 3. The van der Waals surface area contributed by atoms with Crippen LogP contribution in [0.2, 0.25) is 0 Å². The number of methoxy groups -OCH3 is 1. The molecule has 0 aromatic heterocycles. The highest BCUT2D eigenvalue weighted by molar-refractivity contribution is 7.85. The number of carbonyl (C=O) groups excluding carboxylic acids is 3. The summed E-state index contributed by atoms with van der Waals surface area (Å²) in [5.74, 6) is -4.97. The van der Waals surface area contributed by atoms with Gasteiger partial charge in [0.25, 0.3) is 11.4 Å². The molecule has 3 aliphatic rings. The van der Waals surface area contributed by atoms with Crippen LogP contribution in [-0.4, -0.2) is 139 Å². The molecule has 432 valence electrons. The van der Waals surface area contributed by atoms with E-state index in [9.17, 15) is 60.8 Å². The van der Waals surface area contributed by atoms with Crippen LogP contribution >= 0.6 is 0 Å². The van der Waals surface area contributed by atoms with Crippen molar-refractivity contribution in [3.8, 4) is 17.2 Å². The van der Waals surface area contributed by atoms with E-state index >= 15 is 0 Å². The summed E-state index contributed by atoms with van der Waals surface area (Å²) in [6, 6.07) is 21.2. The van der Waals surface area contributed by atoms with Gasteiger partial charge in [0.1, 0.15) is 31.5 Å². The number of para-hydroxylation sites is 2. The summed E-state index contributed by atoms with van der Waals surface area (Å²) in [7, 11) is 1.82. The Labute approximate surface area is 463 Å². The molecule has 2 heterocycles. The number of ether oxygens (including phenoxy) is 4. The molecule has 4 aromatic rings. The number of non-ortho nitro benzene ring substituents is 1. The van der Waals surface area contributed by atoms with Gasteiger partial charge < -0.3 is 49.0 Å². The highest BCUT2D eigenvalue weighted by atomic mass is 32.2. The number of hydrogen-bond donors (Lipinski definition) is 3. The van der Waals surface area contributed by atoms with Crippen LogP contribution in [0.4, 0.5) is 40.7 Å². The topological polar surface area (TPSA) is 302 Å². The molecule has 3 N–H and O–H groups in total. The Balaban J connectivity index is 0.00000141. The minimum atomic E-state index is -5.08. The molecule has 1 aliphatic carbocycles. The quantitative estimate of drug-likeness (QED) is 0.0151. The first-order valence-electron chi connectivity index (χ1n) is 24.6. The van der Waals surface area contributed by atoms with E-state index in [0.29, 0.717) is 0 Å². The van der Waals surface area contributed by atoms with Crippen LogP contribution in [0.15, 0.2) is 120 Å². The van der Waals surface area contributed by atoms with Crippen LogP contribution in [-0.2, 0) is 40.1 Å². The lowest BCUT2D eigenvalue weighted by Crippen LogP contribution is -2.51. The van der Waals surface area contributed by atoms with Gasteiger partial charge in [0, 0.05) is 78.9 Å². The number of allylic oxidation sites excluding steroid dienone is 5. The molecule has 7 rings (SSSR count). The Bertz CT molecular complexity index is 3410. The molecule has 2 aliphatic heterocycles. The van der Waals surface area contributed by atoms with Crippen molar-refractivity contribution in [3.63, 3.8) is 0 Å². The Morgan fingerprint density at radius 3 is 2.10 bits per heavy atom.